The molecule has 1 heterocycles. The normalized spacial score (nSPS) is 11.8. The average Bonchev–Trinajstić information content (AvgIpc) is 2.29. The van der Waals surface area contributed by atoms with Crippen LogP contribution in [0.1, 0.15) is 13.3 Å². The zero-order valence-electron chi connectivity index (χ0n) is 9.29. The summed E-state index contributed by atoms with van der Waals surface area (Å²) in [7, 11) is 0. The van der Waals surface area contributed by atoms with E-state index in [2.05, 4.69) is 10.3 Å². The first-order valence-electron chi connectivity index (χ1n) is 5.11. The number of rotatable bonds is 6. The summed E-state index contributed by atoms with van der Waals surface area (Å²) >= 11 is 0. The molecule has 17 heavy (non-hydrogen) atoms. The number of pyridine rings is 1. The molecule has 0 aromatic carbocycles. The second-order valence-electron chi connectivity index (χ2n) is 3.48. The van der Waals surface area contributed by atoms with E-state index >= 15 is 0 Å². The van der Waals surface area contributed by atoms with Crippen molar-refractivity contribution in [1.29, 1.82) is 0 Å². The third-order valence-electron chi connectivity index (χ3n) is 2.33. The van der Waals surface area contributed by atoms with E-state index in [1.54, 1.807) is 6.92 Å². The van der Waals surface area contributed by atoms with E-state index in [0.29, 0.717) is 12.2 Å². The fraction of sp³-hybridized carbons (Fsp3) is 0.400. The molecule has 1 unspecified atom stereocenters. The first-order valence-corrected chi connectivity index (χ1v) is 5.11. The summed E-state index contributed by atoms with van der Waals surface area (Å²) in [6.45, 7) is 1.96. The molecule has 0 radical (unpaired) electrons. The van der Waals surface area contributed by atoms with Gasteiger partial charge in [-0.25, -0.2) is 4.98 Å². The quantitative estimate of drug-likeness (QED) is 0.575. The predicted octanol–water partition coefficient (Wildman–Crippen LogP) is 1.51. The van der Waals surface area contributed by atoms with Gasteiger partial charge in [0.05, 0.1) is 16.9 Å². The van der Waals surface area contributed by atoms with E-state index in [0.717, 1.165) is 0 Å². The highest BCUT2D eigenvalue weighted by Crippen LogP contribution is 2.14. The van der Waals surface area contributed by atoms with E-state index in [-0.39, 0.29) is 12.2 Å². The molecule has 92 valence electrons. The van der Waals surface area contributed by atoms with Crippen LogP contribution in [0.2, 0.25) is 0 Å². The van der Waals surface area contributed by atoms with Gasteiger partial charge in [0.2, 0.25) is 0 Å². The van der Waals surface area contributed by atoms with Crippen molar-refractivity contribution in [1.82, 2.24) is 4.98 Å². The molecule has 0 fully saturated rings. The van der Waals surface area contributed by atoms with Crippen LogP contribution in [0.3, 0.4) is 0 Å². The molecule has 0 aliphatic rings. The third kappa shape index (κ3) is 3.71. The van der Waals surface area contributed by atoms with Gasteiger partial charge in [-0.3, -0.25) is 14.9 Å². The van der Waals surface area contributed by atoms with Gasteiger partial charge in [-0.05, 0) is 6.42 Å². The highest BCUT2D eigenvalue weighted by atomic mass is 16.6. The summed E-state index contributed by atoms with van der Waals surface area (Å²) in [4.78, 5) is 24.6. The van der Waals surface area contributed by atoms with Crippen LogP contribution in [0.4, 0.5) is 11.5 Å². The highest BCUT2D eigenvalue weighted by Gasteiger charge is 2.15. The van der Waals surface area contributed by atoms with Gasteiger partial charge in [0.1, 0.15) is 5.82 Å². The molecular weight excluding hydrogens is 226 g/mol. The number of aromatic nitrogens is 1. The monoisotopic (exact) mass is 239 g/mol. The van der Waals surface area contributed by atoms with Gasteiger partial charge in [0.15, 0.2) is 0 Å². The molecule has 1 rings (SSSR count). The molecule has 0 spiro atoms. The number of nitrogens with one attached hydrogen (secondary N) is 1. The summed E-state index contributed by atoms with van der Waals surface area (Å²) in [6.07, 6.45) is 1.79. The number of nitrogens with zero attached hydrogens (tertiary/aromatic N) is 2. The van der Waals surface area contributed by atoms with Gasteiger partial charge in [0.25, 0.3) is 5.69 Å². The lowest BCUT2D eigenvalue weighted by Crippen LogP contribution is -2.22. The Hall–Kier alpha value is -2.18. The molecule has 0 aliphatic carbocycles. The van der Waals surface area contributed by atoms with E-state index in [4.69, 9.17) is 5.11 Å². The molecule has 7 nitrogen and oxygen atoms in total. The van der Waals surface area contributed by atoms with E-state index < -0.39 is 16.8 Å². The topological polar surface area (TPSA) is 105 Å². The Bertz CT molecular complexity index is 422. The van der Waals surface area contributed by atoms with Crippen molar-refractivity contribution >= 4 is 17.5 Å². The Morgan fingerprint density at radius 1 is 1.71 bits per heavy atom. The SMILES string of the molecule is CCC(CNc1cc([N+](=O)[O-])ccn1)C(=O)O. The Morgan fingerprint density at radius 3 is 2.94 bits per heavy atom. The van der Waals surface area contributed by atoms with Gasteiger partial charge in [-0.1, -0.05) is 6.92 Å². The van der Waals surface area contributed by atoms with E-state index in [1.165, 1.54) is 18.3 Å². The van der Waals surface area contributed by atoms with Crippen LogP contribution >= 0.6 is 0 Å². The molecule has 0 saturated heterocycles. The van der Waals surface area contributed by atoms with Crippen molar-refractivity contribution in [2.75, 3.05) is 11.9 Å². The molecule has 0 aliphatic heterocycles. The molecule has 0 bridgehead atoms. The molecule has 1 aromatic heterocycles. The van der Waals surface area contributed by atoms with Crippen LogP contribution < -0.4 is 5.32 Å². The minimum Gasteiger partial charge on any atom is -0.481 e. The van der Waals surface area contributed by atoms with Crippen LogP contribution in [0.25, 0.3) is 0 Å². The van der Waals surface area contributed by atoms with Crippen molar-refractivity contribution in [2.45, 2.75) is 13.3 Å². The maximum Gasteiger partial charge on any atom is 0.308 e. The smallest absolute Gasteiger partial charge is 0.308 e. The lowest BCUT2D eigenvalue weighted by atomic mass is 10.1. The predicted molar refractivity (Wildman–Crippen MR) is 60.8 cm³/mol. The first kappa shape index (κ1) is 12.9. The summed E-state index contributed by atoms with van der Waals surface area (Å²) in [5.74, 6) is -1.12. The number of aliphatic carboxylic acids is 1. The molecule has 7 heteroatoms. The van der Waals surface area contributed by atoms with Gasteiger partial charge >= 0.3 is 5.97 Å². The lowest BCUT2D eigenvalue weighted by molar-refractivity contribution is -0.384. The Kier molecular flexibility index (Phi) is 4.38. The number of hydrogen-bond donors (Lipinski definition) is 2. The summed E-state index contributed by atoms with van der Waals surface area (Å²) in [5.41, 5.74) is -0.0779. The molecule has 2 N–H and O–H groups in total. The largest absolute Gasteiger partial charge is 0.481 e. The number of carboxylic acids is 1. The molecular formula is C10H13N3O4. The second kappa shape index (κ2) is 5.78. The molecule has 1 aromatic rings. The van der Waals surface area contributed by atoms with Gasteiger partial charge in [-0.15, -0.1) is 0 Å². The fourth-order valence-electron chi connectivity index (χ4n) is 1.26. The van der Waals surface area contributed by atoms with Crippen molar-refractivity contribution in [3.63, 3.8) is 0 Å². The minimum atomic E-state index is -0.898. The summed E-state index contributed by atoms with van der Waals surface area (Å²) in [6, 6.07) is 2.55. The number of carboxylic acid groups (broad SMARTS) is 1. The van der Waals surface area contributed by atoms with Gasteiger partial charge in [0, 0.05) is 18.8 Å². The van der Waals surface area contributed by atoms with Gasteiger partial charge < -0.3 is 10.4 Å². The van der Waals surface area contributed by atoms with Crippen LogP contribution in [0.5, 0.6) is 0 Å². The van der Waals surface area contributed by atoms with Crippen LogP contribution in [0.15, 0.2) is 18.3 Å². The van der Waals surface area contributed by atoms with Crippen molar-refractivity contribution in [3.8, 4) is 0 Å². The van der Waals surface area contributed by atoms with Crippen molar-refractivity contribution in [3.05, 3.63) is 28.4 Å². The first-order chi connectivity index (χ1) is 8.04. The minimum absolute atomic E-state index is 0.0779. The fourth-order valence-corrected chi connectivity index (χ4v) is 1.26. The average molecular weight is 239 g/mol. The lowest BCUT2D eigenvalue weighted by Gasteiger charge is -2.10. The third-order valence-corrected chi connectivity index (χ3v) is 2.33. The van der Waals surface area contributed by atoms with E-state index in [1.807, 2.05) is 0 Å². The Labute approximate surface area is 97.6 Å². The summed E-state index contributed by atoms with van der Waals surface area (Å²) in [5, 5.41) is 22.1. The van der Waals surface area contributed by atoms with Crippen molar-refractivity contribution in [2.24, 2.45) is 5.92 Å². The maximum absolute atomic E-state index is 10.8. The molecule has 0 amide bonds. The van der Waals surface area contributed by atoms with Crippen molar-refractivity contribution < 1.29 is 14.8 Å². The molecule has 0 saturated carbocycles. The zero-order chi connectivity index (χ0) is 12.8. The number of nitro groups is 1. The number of carbonyl (C=O) groups is 1. The van der Waals surface area contributed by atoms with E-state index in [9.17, 15) is 14.9 Å². The number of hydrogen-bond acceptors (Lipinski definition) is 5. The number of anilines is 1. The highest BCUT2D eigenvalue weighted by molar-refractivity contribution is 5.70. The summed E-state index contributed by atoms with van der Waals surface area (Å²) < 4.78 is 0. The maximum atomic E-state index is 10.8. The van der Waals surface area contributed by atoms with Crippen LogP contribution in [0, 0.1) is 16.0 Å². The molecule has 1 atom stereocenters. The van der Waals surface area contributed by atoms with Crippen LogP contribution in [-0.2, 0) is 4.79 Å². The Balaban J connectivity index is 2.66. The Morgan fingerprint density at radius 2 is 2.41 bits per heavy atom. The second-order valence-corrected chi connectivity index (χ2v) is 3.48. The van der Waals surface area contributed by atoms with Crippen LogP contribution in [-0.4, -0.2) is 27.5 Å². The standard InChI is InChI=1S/C10H13N3O4/c1-2-7(10(14)15)6-12-9-5-8(13(16)17)3-4-11-9/h3-5,7H,2,6H2,1H3,(H,11,12)(H,14,15). The zero-order valence-corrected chi connectivity index (χ0v) is 9.29. The van der Waals surface area contributed by atoms with Gasteiger partial charge in [-0.2, -0.15) is 0 Å².